The van der Waals surface area contributed by atoms with Gasteiger partial charge in [-0.1, -0.05) is 18.6 Å². The third-order valence-electron chi connectivity index (χ3n) is 3.17. The molecule has 0 unspecified atom stereocenters. The maximum atomic E-state index is 11.6. The first-order valence-corrected chi connectivity index (χ1v) is 7.39. The summed E-state index contributed by atoms with van der Waals surface area (Å²) in [5.41, 5.74) is 1.17. The van der Waals surface area contributed by atoms with E-state index in [0.717, 1.165) is 13.0 Å². The van der Waals surface area contributed by atoms with Crippen molar-refractivity contribution < 1.29 is 8.42 Å². The van der Waals surface area contributed by atoms with E-state index in [9.17, 15) is 8.42 Å². The van der Waals surface area contributed by atoms with Gasteiger partial charge in [0.2, 0.25) is 10.0 Å². The standard InChI is InChI=1S/C12H18N2O2S/c1-13-17(15,16)11-7-5-10(6-8-11)12-4-2-3-9-14-12/h5-8,12-14H,2-4,9H2,1H3/t12-/m1/s1. The summed E-state index contributed by atoms with van der Waals surface area (Å²) in [7, 11) is -1.89. The minimum atomic E-state index is -3.32. The van der Waals surface area contributed by atoms with Gasteiger partial charge in [-0.15, -0.1) is 0 Å². The van der Waals surface area contributed by atoms with Crippen molar-refractivity contribution in [2.45, 2.75) is 30.2 Å². The number of nitrogens with one attached hydrogen (secondary N) is 2. The van der Waals surface area contributed by atoms with Crippen LogP contribution in [0.4, 0.5) is 0 Å². The second-order valence-corrected chi connectivity index (χ2v) is 6.17. The van der Waals surface area contributed by atoms with Crippen LogP contribution in [0, 0.1) is 0 Å². The van der Waals surface area contributed by atoms with Crippen molar-refractivity contribution in [2.75, 3.05) is 13.6 Å². The average molecular weight is 254 g/mol. The van der Waals surface area contributed by atoms with Crippen LogP contribution in [0.1, 0.15) is 30.9 Å². The molecule has 1 saturated heterocycles. The van der Waals surface area contributed by atoms with Crippen LogP contribution >= 0.6 is 0 Å². The Morgan fingerprint density at radius 1 is 1.24 bits per heavy atom. The topological polar surface area (TPSA) is 58.2 Å². The van der Waals surface area contributed by atoms with E-state index < -0.39 is 10.0 Å². The molecule has 1 aromatic carbocycles. The molecule has 0 amide bonds. The van der Waals surface area contributed by atoms with E-state index >= 15 is 0 Å². The lowest BCUT2D eigenvalue weighted by molar-refractivity contribution is 0.412. The van der Waals surface area contributed by atoms with Gasteiger partial charge < -0.3 is 5.32 Å². The van der Waals surface area contributed by atoms with Crippen LogP contribution in [0.25, 0.3) is 0 Å². The Hall–Kier alpha value is -0.910. The molecule has 0 spiro atoms. The molecule has 1 aliphatic heterocycles. The van der Waals surface area contributed by atoms with E-state index in [0.29, 0.717) is 10.9 Å². The summed E-state index contributed by atoms with van der Waals surface area (Å²) in [6.07, 6.45) is 3.58. The molecule has 1 atom stereocenters. The Morgan fingerprint density at radius 3 is 2.47 bits per heavy atom. The van der Waals surface area contributed by atoms with Crippen molar-refractivity contribution in [3.05, 3.63) is 29.8 Å². The zero-order valence-electron chi connectivity index (χ0n) is 9.94. The molecule has 17 heavy (non-hydrogen) atoms. The monoisotopic (exact) mass is 254 g/mol. The lowest BCUT2D eigenvalue weighted by Gasteiger charge is -2.23. The fourth-order valence-corrected chi connectivity index (χ4v) is 2.86. The highest BCUT2D eigenvalue weighted by atomic mass is 32.2. The first kappa shape index (κ1) is 12.5. The van der Waals surface area contributed by atoms with E-state index in [1.807, 2.05) is 12.1 Å². The highest BCUT2D eigenvalue weighted by Crippen LogP contribution is 2.23. The zero-order valence-corrected chi connectivity index (χ0v) is 10.8. The molecule has 1 aromatic rings. The summed E-state index contributed by atoms with van der Waals surface area (Å²) in [4.78, 5) is 0.319. The summed E-state index contributed by atoms with van der Waals surface area (Å²) >= 11 is 0. The second-order valence-electron chi connectivity index (χ2n) is 4.28. The number of hydrogen-bond acceptors (Lipinski definition) is 3. The summed E-state index contributed by atoms with van der Waals surface area (Å²) in [5, 5.41) is 3.44. The fraction of sp³-hybridized carbons (Fsp3) is 0.500. The van der Waals surface area contributed by atoms with Crippen LogP contribution in [0.5, 0.6) is 0 Å². The van der Waals surface area contributed by atoms with Crippen molar-refractivity contribution in [3.63, 3.8) is 0 Å². The lowest BCUT2D eigenvalue weighted by Crippen LogP contribution is -2.26. The van der Waals surface area contributed by atoms with Crippen LogP contribution in [0.2, 0.25) is 0 Å². The van der Waals surface area contributed by atoms with Gasteiger partial charge in [0, 0.05) is 6.04 Å². The van der Waals surface area contributed by atoms with Crippen molar-refractivity contribution in [1.82, 2.24) is 10.0 Å². The highest BCUT2D eigenvalue weighted by molar-refractivity contribution is 7.89. The van der Waals surface area contributed by atoms with Gasteiger partial charge in [0.15, 0.2) is 0 Å². The molecule has 2 rings (SSSR count). The largest absolute Gasteiger partial charge is 0.310 e. The van der Waals surface area contributed by atoms with Gasteiger partial charge in [0.05, 0.1) is 4.90 Å². The Labute approximate surface area is 102 Å². The minimum absolute atomic E-state index is 0.319. The van der Waals surface area contributed by atoms with Crippen molar-refractivity contribution >= 4 is 10.0 Å². The molecule has 1 aliphatic rings. The van der Waals surface area contributed by atoms with Crippen LogP contribution in [0.3, 0.4) is 0 Å². The summed E-state index contributed by atoms with van der Waals surface area (Å²) in [6, 6.07) is 7.49. The molecule has 1 heterocycles. The third kappa shape index (κ3) is 2.86. The SMILES string of the molecule is CNS(=O)(=O)c1ccc([C@H]2CCCCN2)cc1. The maximum Gasteiger partial charge on any atom is 0.240 e. The molecule has 4 nitrogen and oxygen atoms in total. The summed E-state index contributed by atoms with van der Waals surface area (Å²) in [6.45, 7) is 1.04. The van der Waals surface area contributed by atoms with Crippen LogP contribution in [-0.2, 0) is 10.0 Å². The normalized spacial score (nSPS) is 21.4. The number of sulfonamides is 1. The molecule has 5 heteroatoms. The van der Waals surface area contributed by atoms with Crippen LogP contribution < -0.4 is 10.0 Å². The van der Waals surface area contributed by atoms with Crippen molar-refractivity contribution in [3.8, 4) is 0 Å². The molecule has 0 radical (unpaired) electrons. The van der Waals surface area contributed by atoms with E-state index in [1.165, 1.54) is 25.5 Å². The van der Waals surface area contributed by atoms with E-state index in [-0.39, 0.29) is 0 Å². The van der Waals surface area contributed by atoms with E-state index in [1.54, 1.807) is 12.1 Å². The molecule has 0 bridgehead atoms. The van der Waals surface area contributed by atoms with Gasteiger partial charge >= 0.3 is 0 Å². The molecule has 0 aromatic heterocycles. The predicted molar refractivity (Wildman–Crippen MR) is 67.3 cm³/mol. The minimum Gasteiger partial charge on any atom is -0.310 e. The lowest BCUT2D eigenvalue weighted by atomic mass is 9.98. The molecule has 0 saturated carbocycles. The van der Waals surface area contributed by atoms with Gasteiger partial charge in [0.25, 0.3) is 0 Å². The zero-order chi connectivity index (χ0) is 12.3. The van der Waals surface area contributed by atoms with E-state index in [2.05, 4.69) is 10.0 Å². The fourth-order valence-electron chi connectivity index (χ4n) is 2.13. The van der Waals surface area contributed by atoms with E-state index in [4.69, 9.17) is 0 Å². The highest BCUT2D eigenvalue weighted by Gasteiger charge is 2.16. The average Bonchev–Trinajstić information content (AvgIpc) is 2.40. The van der Waals surface area contributed by atoms with Gasteiger partial charge in [0.1, 0.15) is 0 Å². The summed E-state index contributed by atoms with van der Waals surface area (Å²) < 4.78 is 25.4. The smallest absolute Gasteiger partial charge is 0.240 e. The molecule has 2 N–H and O–H groups in total. The first-order valence-electron chi connectivity index (χ1n) is 5.90. The van der Waals surface area contributed by atoms with Crippen LogP contribution in [-0.4, -0.2) is 22.0 Å². The Morgan fingerprint density at radius 2 is 1.94 bits per heavy atom. The van der Waals surface area contributed by atoms with Gasteiger partial charge in [-0.05, 0) is 44.1 Å². The number of rotatable bonds is 3. The quantitative estimate of drug-likeness (QED) is 0.857. The van der Waals surface area contributed by atoms with Gasteiger partial charge in [-0.3, -0.25) is 0 Å². The first-order chi connectivity index (χ1) is 8.13. The molecule has 1 fully saturated rings. The van der Waals surface area contributed by atoms with Gasteiger partial charge in [-0.2, -0.15) is 0 Å². The summed E-state index contributed by atoms with van der Waals surface area (Å²) in [5.74, 6) is 0. The van der Waals surface area contributed by atoms with Crippen molar-refractivity contribution in [2.24, 2.45) is 0 Å². The molecule has 94 valence electrons. The number of benzene rings is 1. The second kappa shape index (κ2) is 5.16. The third-order valence-corrected chi connectivity index (χ3v) is 4.60. The van der Waals surface area contributed by atoms with Crippen molar-refractivity contribution in [1.29, 1.82) is 0 Å². The number of piperidine rings is 1. The molecular weight excluding hydrogens is 236 g/mol. The van der Waals surface area contributed by atoms with Gasteiger partial charge in [-0.25, -0.2) is 13.1 Å². The number of hydrogen-bond donors (Lipinski definition) is 2. The maximum absolute atomic E-state index is 11.6. The Bertz CT molecular complexity index is 462. The molecule has 0 aliphatic carbocycles. The predicted octanol–water partition coefficient (Wildman–Crippen LogP) is 1.41. The van der Waals surface area contributed by atoms with Crippen LogP contribution in [0.15, 0.2) is 29.2 Å². The molecular formula is C12H18N2O2S. The Kier molecular flexibility index (Phi) is 3.81. The Balaban J connectivity index is 2.18.